The van der Waals surface area contributed by atoms with Gasteiger partial charge in [-0.05, 0) is 24.6 Å². The highest BCUT2D eigenvalue weighted by Crippen LogP contribution is 2.14. The minimum Gasteiger partial charge on any atom is -0.461 e. The van der Waals surface area contributed by atoms with E-state index in [-0.39, 0.29) is 18.0 Å². The van der Waals surface area contributed by atoms with Gasteiger partial charge in [0.05, 0.1) is 6.61 Å². The molecule has 0 unspecified atom stereocenters. The van der Waals surface area contributed by atoms with Crippen LogP contribution in [0.15, 0.2) is 36.5 Å². The van der Waals surface area contributed by atoms with Crippen molar-refractivity contribution in [2.45, 2.75) is 26.4 Å². The lowest BCUT2D eigenvalue weighted by atomic mass is 10.2. The molecule has 0 atom stereocenters. The average molecular weight is 336 g/mol. The number of halogens is 1. The number of amides is 1. The van der Waals surface area contributed by atoms with Gasteiger partial charge in [0.2, 0.25) is 5.91 Å². The SMILES string of the molecule is CCOC(=O)c1ccn(CCC(=O)NCc2ccccc2Cl)n1. The van der Waals surface area contributed by atoms with Gasteiger partial charge in [-0.3, -0.25) is 9.48 Å². The molecule has 0 saturated heterocycles. The lowest BCUT2D eigenvalue weighted by Crippen LogP contribution is -2.24. The predicted octanol–water partition coefficient (Wildman–Crippen LogP) is 2.42. The molecule has 0 radical (unpaired) electrons. The molecule has 1 aromatic heterocycles. The van der Waals surface area contributed by atoms with Crippen LogP contribution in [-0.2, 0) is 22.6 Å². The zero-order valence-electron chi connectivity index (χ0n) is 12.8. The molecular weight excluding hydrogens is 318 g/mol. The molecule has 0 saturated carbocycles. The van der Waals surface area contributed by atoms with Crippen molar-refractivity contribution in [1.29, 1.82) is 0 Å². The molecule has 1 N–H and O–H groups in total. The molecule has 23 heavy (non-hydrogen) atoms. The molecule has 122 valence electrons. The largest absolute Gasteiger partial charge is 0.461 e. The third-order valence-electron chi connectivity index (χ3n) is 3.13. The van der Waals surface area contributed by atoms with Crippen molar-refractivity contribution in [3.63, 3.8) is 0 Å². The van der Waals surface area contributed by atoms with Gasteiger partial charge in [-0.15, -0.1) is 0 Å². The number of aromatic nitrogens is 2. The van der Waals surface area contributed by atoms with Crippen molar-refractivity contribution in [2.24, 2.45) is 0 Å². The Balaban J connectivity index is 1.78. The first-order chi connectivity index (χ1) is 11.1. The smallest absolute Gasteiger partial charge is 0.358 e. The van der Waals surface area contributed by atoms with Gasteiger partial charge in [0.25, 0.3) is 0 Å². The summed E-state index contributed by atoms with van der Waals surface area (Å²) in [7, 11) is 0. The zero-order valence-corrected chi connectivity index (χ0v) is 13.5. The fourth-order valence-electron chi connectivity index (χ4n) is 1.94. The highest BCUT2D eigenvalue weighted by Gasteiger charge is 2.11. The van der Waals surface area contributed by atoms with Gasteiger partial charge in [0.1, 0.15) is 0 Å². The number of nitrogens with one attached hydrogen (secondary N) is 1. The molecule has 0 aliphatic carbocycles. The van der Waals surface area contributed by atoms with E-state index in [4.69, 9.17) is 16.3 Å². The number of esters is 1. The van der Waals surface area contributed by atoms with E-state index in [0.717, 1.165) is 5.56 Å². The highest BCUT2D eigenvalue weighted by atomic mass is 35.5. The van der Waals surface area contributed by atoms with Crippen LogP contribution >= 0.6 is 11.6 Å². The fraction of sp³-hybridized carbons (Fsp3) is 0.312. The first kappa shape index (κ1) is 17.0. The first-order valence-electron chi connectivity index (χ1n) is 7.31. The second-order valence-corrected chi connectivity index (χ2v) is 5.21. The van der Waals surface area contributed by atoms with Crippen LogP contribution in [0.4, 0.5) is 0 Å². The van der Waals surface area contributed by atoms with Crippen LogP contribution in [0.1, 0.15) is 29.4 Å². The molecule has 1 amide bonds. The van der Waals surface area contributed by atoms with Gasteiger partial charge in [0, 0.05) is 30.7 Å². The van der Waals surface area contributed by atoms with Crippen LogP contribution in [0, 0.1) is 0 Å². The topological polar surface area (TPSA) is 73.2 Å². The Morgan fingerprint density at radius 3 is 2.83 bits per heavy atom. The van der Waals surface area contributed by atoms with Crippen LogP contribution in [0.5, 0.6) is 0 Å². The van der Waals surface area contributed by atoms with Gasteiger partial charge in [-0.1, -0.05) is 29.8 Å². The van der Waals surface area contributed by atoms with Crippen molar-refractivity contribution < 1.29 is 14.3 Å². The molecule has 6 nitrogen and oxygen atoms in total. The number of rotatable bonds is 7. The zero-order chi connectivity index (χ0) is 16.7. The third kappa shape index (κ3) is 5.10. The summed E-state index contributed by atoms with van der Waals surface area (Å²) in [5, 5.41) is 7.50. The van der Waals surface area contributed by atoms with Gasteiger partial charge in [-0.25, -0.2) is 4.79 Å². The molecule has 0 bridgehead atoms. The second-order valence-electron chi connectivity index (χ2n) is 4.80. The summed E-state index contributed by atoms with van der Waals surface area (Å²) in [6.07, 6.45) is 1.90. The van der Waals surface area contributed by atoms with Crippen molar-refractivity contribution in [3.05, 3.63) is 52.8 Å². The van der Waals surface area contributed by atoms with Crippen LogP contribution in [0.2, 0.25) is 5.02 Å². The molecule has 2 aromatic rings. The summed E-state index contributed by atoms with van der Waals surface area (Å²) < 4.78 is 6.40. The predicted molar refractivity (Wildman–Crippen MR) is 86.1 cm³/mol. The number of hydrogen-bond donors (Lipinski definition) is 1. The Bertz CT molecular complexity index is 685. The Morgan fingerprint density at radius 2 is 2.09 bits per heavy atom. The second kappa shape index (κ2) is 8.33. The van der Waals surface area contributed by atoms with Crippen molar-refractivity contribution in [3.8, 4) is 0 Å². The van der Waals surface area contributed by atoms with E-state index in [1.807, 2.05) is 18.2 Å². The molecule has 1 aromatic carbocycles. The van der Waals surface area contributed by atoms with Crippen LogP contribution < -0.4 is 5.32 Å². The Kier molecular flexibility index (Phi) is 6.17. The maximum Gasteiger partial charge on any atom is 0.358 e. The van der Waals surface area contributed by atoms with Crippen molar-refractivity contribution >= 4 is 23.5 Å². The van der Waals surface area contributed by atoms with E-state index >= 15 is 0 Å². The quantitative estimate of drug-likeness (QED) is 0.789. The lowest BCUT2D eigenvalue weighted by molar-refractivity contribution is -0.121. The van der Waals surface area contributed by atoms with Crippen molar-refractivity contribution in [2.75, 3.05) is 6.61 Å². The molecule has 0 spiro atoms. The average Bonchev–Trinajstić information content (AvgIpc) is 3.01. The summed E-state index contributed by atoms with van der Waals surface area (Å²) in [4.78, 5) is 23.4. The number of benzene rings is 1. The Hall–Kier alpha value is -2.34. The number of hydrogen-bond acceptors (Lipinski definition) is 4. The molecule has 0 aliphatic heterocycles. The van der Waals surface area contributed by atoms with E-state index in [9.17, 15) is 9.59 Å². The number of aryl methyl sites for hydroxylation is 1. The summed E-state index contributed by atoms with van der Waals surface area (Å²) in [5.41, 5.74) is 1.11. The minimum absolute atomic E-state index is 0.113. The van der Waals surface area contributed by atoms with Gasteiger partial charge < -0.3 is 10.1 Å². The van der Waals surface area contributed by atoms with E-state index in [1.165, 1.54) is 0 Å². The van der Waals surface area contributed by atoms with Crippen LogP contribution in [0.25, 0.3) is 0 Å². The number of ether oxygens (including phenoxy) is 1. The van der Waals surface area contributed by atoms with E-state index in [2.05, 4.69) is 10.4 Å². The number of carbonyl (C=O) groups excluding carboxylic acids is 2. The van der Waals surface area contributed by atoms with E-state index in [0.29, 0.717) is 24.7 Å². The Morgan fingerprint density at radius 1 is 1.30 bits per heavy atom. The molecule has 0 fully saturated rings. The van der Waals surface area contributed by atoms with Crippen molar-refractivity contribution in [1.82, 2.24) is 15.1 Å². The maximum atomic E-state index is 11.9. The molecule has 7 heteroatoms. The standard InChI is InChI=1S/C16H18ClN3O3/c1-2-23-16(22)14-7-9-20(19-14)10-8-15(21)18-11-12-5-3-4-6-13(12)17/h3-7,9H,2,8,10-11H2,1H3,(H,18,21). The summed E-state index contributed by atoms with van der Waals surface area (Å²) >= 11 is 6.03. The maximum absolute atomic E-state index is 11.9. The monoisotopic (exact) mass is 335 g/mol. The number of carbonyl (C=O) groups is 2. The lowest BCUT2D eigenvalue weighted by Gasteiger charge is -2.07. The first-order valence-corrected chi connectivity index (χ1v) is 7.68. The molecule has 1 heterocycles. The van der Waals surface area contributed by atoms with Crippen LogP contribution in [0.3, 0.4) is 0 Å². The highest BCUT2D eigenvalue weighted by molar-refractivity contribution is 6.31. The number of nitrogens with zero attached hydrogens (tertiary/aromatic N) is 2. The normalized spacial score (nSPS) is 10.3. The van der Waals surface area contributed by atoms with Crippen LogP contribution in [-0.4, -0.2) is 28.3 Å². The van der Waals surface area contributed by atoms with E-state index in [1.54, 1.807) is 29.9 Å². The molecular formula is C16H18ClN3O3. The Labute approximate surface area is 139 Å². The van der Waals surface area contributed by atoms with Gasteiger partial charge >= 0.3 is 5.97 Å². The fourth-order valence-corrected chi connectivity index (χ4v) is 2.14. The van der Waals surface area contributed by atoms with Gasteiger partial charge in [-0.2, -0.15) is 5.10 Å². The summed E-state index contributed by atoms with van der Waals surface area (Å²) in [6.45, 7) is 2.80. The summed E-state index contributed by atoms with van der Waals surface area (Å²) in [5.74, 6) is -0.576. The summed E-state index contributed by atoms with van der Waals surface area (Å²) in [6, 6.07) is 8.92. The molecule has 2 rings (SSSR count). The van der Waals surface area contributed by atoms with E-state index < -0.39 is 5.97 Å². The third-order valence-corrected chi connectivity index (χ3v) is 3.50. The minimum atomic E-state index is -0.463. The van der Waals surface area contributed by atoms with Gasteiger partial charge in [0.15, 0.2) is 5.69 Å². The molecule has 0 aliphatic rings.